The molecule has 0 aliphatic carbocycles. The van der Waals surface area contributed by atoms with Crippen molar-refractivity contribution in [1.82, 2.24) is 20.7 Å². The zero-order chi connectivity index (χ0) is 27.4. The SMILES string of the molecule is COC(c1ccccc1)(c1ccccc1)[C@H](Oc1nc(C)cc(C)n1)C(=O)NCCCCCCON(O)O. The van der Waals surface area contributed by atoms with Gasteiger partial charge in [-0.05, 0) is 43.9 Å². The maximum Gasteiger partial charge on any atom is 0.317 e. The predicted octanol–water partition coefficient (Wildman–Crippen LogP) is 4.12. The van der Waals surface area contributed by atoms with Gasteiger partial charge in [-0.1, -0.05) is 73.5 Å². The second-order valence-corrected chi connectivity index (χ2v) is 8.89. The van der Waals surface area contributed by atoms with Gasteiger partial charge in [0, 0.05) is 25.0 Å². The minimum Gasteiger partial charge on any atom is -0.446 e. The van der Waals surface area contributed by atoms with Gasteiger partial charge < -0.3 is 14.8 Å². The van der Waals surface area contributed by atoms with E-state index in [-0.39, 0.29) is 23.9 Å². The summed E-state index contributed by atoms with van der Waals surface area (Å²) in [5, 5.41) is 19.9. The fraction of sp³-hybridized carbons (Fsp3) is 0.393. The van der Waals surface area contributed by atoms with Crippen molar-refractivity contribution < 1.29 is 29.5 Å². The van der Waals surface area contributed by atoms with Crippen LogP contribution in [-0.4, -0.2) is 58.0 Å². The number of hydrogen-bond donors (Lipinski definition) is 3. The lowest BCUT2D eigenvalue weighted by molar-refractivity contribution is -0.492. The van der Waals surface area contributed by atoms with Crippen LogP contribution < -0.4 is 10.1 Å². The topological polar surface area (TPSA) is 126 Å². The molecule has 0 saturated carbocycles. The molecule has 204 valence electrons. The molecule has 3 aromatic rings. The van der Waals surface area contributed by atoms with Crippen LogP contribution in [0, 0.1) is 13.8 Å². The van der Waals surface area contributed by atoms with E-state index in [1.54, 1.807) is 7.11 Å². The van der Waals surface area contributed by atoms with Gasteiger partial charge in [0.15, 0.2) is 5.60 Å². The number of aryl methyl sites for hydroxylation is 2. The van der Waals surface area contributed by atoms with Crippen LogP contribution in [0.2, 0.25) is 0 Å². The number of carbonyl (C=O) groups is 1. The molecule has 1 amide bonds. The van der Waals surface area contributed by atoms with E-state index in [1.807, 2.05) is 80.6 Å². The molecule has 0 spiro atoms. The summed E-state index contributed by atoms with van der Waals surface area (Å²) < 4.78 is 12.5. The first-order valence-electron chi connectivity index (χ1n) is 12.6. The molecule has 1 aromatic heterocycles. The van der Waals surface area contributed by atoms with E-state index in [4.69, 9.17) is 19.9 Å². The van der Waals surface area contributed by atoms with Gasteiger partial charge in [-0.3, -0.25) is 20.0 Å². The van der Waals surface area contributed by atoms with Crippen LogP contribution in [0.25, 0.3) is 0 Å². The fourth-order valence-corrected chi connectivity index (χ4v) is 4.39. The zero-order valence-corrected chi connectivity index (χ0v) is 22.0. The van der Waals surface area contributed by atoms with Crippen LogP contribution in [0.3, 0.4) is 0 Å². The molecule has 3 N–H and O–H groups in total. The molecule has 1 heterocycles. The van der Waals surface area contributed by atoms with Crippen LogP contribution in [-0.2, 0) is 20.0 Å². The quantitative estimate of drug-likeness (QED) is 0.199. The van der Waals surface area contributed by atoms with Crippen LogP contribution >= 0.6 is 0 Å². The number of ether oxygens (including phenoxy) is 2. The molecule has 0 bridgehead atoms. The maximum absolute atomic E-state index is 13.8. The lowest BCUT2D eigenvalue weighted by Crippen LogP contribution is -2.54. The highest BCUT2D eigenvalue weighted by atomic mass is 17.1. The first-order valence-corrected chi connectivity index (χ1v) is 12.6. The third-order valence-corrected chi connectivity index (χ3v) is 6.10. The highest BCUT2D eigenvalue weighted by Gasteiger charge is 2.49. The van der Waals surface area contributed by atoms with E-state index in [1.165, 1.54) is 0 Å². The second kappa shape index (κ2) is 14.5. The number of nitrogens with one attached hydrogen (secondary N) is 1. The average Bonchev–Trinajstić information content (AvgIpc) is 2.90. The van der Waals surface area contributed by atoms with Crippen LogP contribution in [0.4, 0.5) is 0 Å². The number of nitrogens with zero attached hydrogens (tertiary/aromatic N) is 3. The van der Waals surface area contributed by atoms with Crippen molar-refractivity contribution in [2.75, 3.05) is 20.3 Å². The Morgan fingerprint density at radius 3 is 2.00 bits per heavy atom. The monoisotopic (exact) mass is 524 g/mol. The Bertz CT molecular complexity index is 1070. The summed E-state index contributed by atoms with van der Waals surface area (Å²) >= 11 is 0. The number of carbonyl (C=O) groups excluding carboxylic acids is 1. The third-order valence-electron chi connectivity index (χ3n) is 6.10. The number of hydrogen-bond acceptors (Lipinski definition) is 9. The molecule has 0 fully saturated rings. The average molecular weight is 525 g/mol. The molecule has 0 aliphatic heterocycles. The van der Waals surface area contributed by atoms with Crippen molar-refractivity contribution in [2.45, 2.75) is 51.2 Å². The minimum atomic E-state index is -1.29. The molecule has 38 heavy (non-hydrogen) atoms. The van der Waals surface area contributed by atoms with Gasteiger partial charge >= 0.3 is 6.01 Å². The standard InChI is InChI=1S/C28H36N4O6/c1-21-20-22(2)31-27(30-21)38-25(26(33)29-18-12-4-5-13-19-37-32(34)35)28(36-3,23-14-8-6-9-15-23)24-16-10-7-11-17-24/h6-11,14-17,20,25,34-35H,4-5,12-13,18-19H2,1-3H3,(H,29,33)/t25-/m1/s1. The Balaban J connectivity index is 1.88. The molecule has 10 heteroatoms. The third kappa shape index (κ3) is 7.80. The molecular weight excluding hydrogens is 488 g/mol. The number of rotatable bonds is 15. The highest BCUT2D eigenvalue weighted by molar-refractivity contribution is 5.83. The molecule has 3 rings (SSSR count). The van der Waals surface area contributed by atoms with Crippen molar-refractivity contribution in [1.29, 1.82) is 0 Å². The summed E-state index contributed by atoms with van der Waals surface area (Å²) in [6, 6.07) is 20.9. The van der Waals surface area contributed by atoms with Crippen LogP contribution in [0.1, 0.15) is 48.2 Å². The zero-order valence-electron chi connectivity index (χ0n) is 22.0. The summed E-state index contributed by atoms with van der Waals surface area (Å²) in [5.74, 6) is -0.359. The van der Waals surface area contributed by atoms with E-state index in [9.17, 15) is 4.79 Å². The molecule has 0 aliphatic rings. The summed E-state index contributed by atoms with van der Waals surface area (Å²) in [4.78, 5) is 27.2. The first-order chi connectivity index (χ1) is 18.4. The lowest BCUT2D eigenvalue weighted by atomic mass is 9.80. The normalized spacial score (nSPS) is 12.4. The number of methoxy groups -OCH3 is 1. The molecule has 2 aromatic carbocycles. The summed E-state index contributed by atoms with van der Waals surface area (Å²) in [6.07, 6.45) is 1.84. The molecule has 10 nitrogen and oxygen atoms in total. The largest absolute Gasteiger partial charge is 0.446 e. The molecular formula is C28H36N4O6. The Kier molecular flexibility index (Phi) is 11.1. The van der Waals surface area contributed by atoms with E-state index in [0.29, 0.717) is 13.0 Å². The number of aromatic nitrogens is 2. The van der Waals surface area contributed by atoms with E-state index in [0.717, 1.165) is 41.8 Å². The van der Waals surface area contributed by atoms with Gasteiger partial charge in [0.25, 0.3) is 5.91 Å². The summed E-state index contributed by atoms with van der Waals surface area (Å²) in [6.45, 7) is 4.30. The maximum atomic E-state index is 13.8. The van der Waals surface area contributed by atoms with Crippen molar-refractivity contribution >= 4 is 5.91 Å². The van der Waals surface area contributed by atoms with Crippen LogP contribution in [0.5, 0.6) is 6.01 Å². The van der Waals surface area contributed by atoms with E-state index < -0.39 is 11.7 Å². The molecule has 0 unspecified atom stereocenters. The predicted molar refractivity (Wildman–Crippen MR) is 139 cm³/mol. The van der Waals surface area contributed by atoms with Gasteiger partial charge in [0.05, 0.1) is 12.0 Å². The van der Waals surface area contributed by atoms with Gasteiger partial charge in [-0.15, -0.1) is 0 Å². The fourth-order valence-electron chi connectivity index (χ4n) is 4.39. The molecule has 0 saturated heterocycles. The molecule has 1 atom stereocenters. The van der Waals surface area contributed by atoms with Crippen molar-refractivity contribution in [3.05, 3.63) is 89.2 Å². The van der Waals surface area contributed by atoms with Crippen LogP contribution in [0.15, 0.2) is 66.7 Å². The van der Waals surface area contributed by atoms with Gasteiger partial charge in [0.2, 0.25) is 6.10 Å². The Hall–Kier alpha value is -3.41. The highest BCUT2D eigenvalue weighted by Crippen LogP contribution is 2.38. The smallest absolute Gasteiger partial charge is 0.317 e. The van der Waals surface area contributed by atoms with Gasteiger partial charge in [-0.25, -0.2) is 9.97 Å². The van der Waals surface area contributed by atoms with E-state index >= 15 is 0 Å². The second-order valence-electron chi connectivity index (χ2n) is 8.89. The number of unbranched alkanes of at least 4 members (excludes halogenated alkanes) is 3. The van der Waals surface area contributed by atoms with Gasteiger partial charge in [0.1, 0.15) is 0 Å². The Morgan fingerprint density at radius 1 is 0.921 bits per heavy atom. The summed E-state index contributed by atoms with van der Waals surface area (Å²) in [7, 11) is 1.56. The Labute approximate surface area is 223 Å². The number of amides is 1. The minimum absolute atomic E-state index is 0.0951. The van der Waals surface area contributed by atoms with Crippen molar-refractivity contribution in [2.24, 2.45) is 0 Å². The van der Waals surface area contributed by atoms with Crippen molar-refractivity contribution in [3.63, 3.8) is 0 Å². The van der Waals surface area contributed by atoms with Gasteiger partial charge in [-0.2, -0.15) is 0 Å². The number of benzene rings is 2. The van der Waals surface area contributed by atoms with Crippen molar-refractivity contribution in [3.8, 4) is 6.01 Å². The van der Waals surface area contributed by atoms with E-state index in [2.05, 4.69) is 20.1 Å². The first kappa shape index (κ1) is 29.2. The lowest BCUT2D eigenvalue weighted by Gasteiger charge is -2.39. The molecule has 0 radical (unpaired) electrons. The summed E-state index contributed by atoms with van der Waals surface area (Å²) in [5.41, 5.74) is 1.66. The Morgan fingerprint density at radius 2 is 1.47 bits per heavy atom.